The number of hydrogen-bond acceptors (Lipinski definition) is 2. The molecule has 2 rings (SSSR count). The summed E-state index contributed by atoms with van der Waals surface area (Å²) in [5, 5.41) is 12.0. The standard InChI is InChI=1S/C13H16N2O3/c1-9(10-5-3-2-4-6-10)15(13(17)18)11-7-12(16)14-8-11/h2-6,9,11H,7-8H2,1H3,(H,14,16)(H,17,18)/t9-,11?/m1/s1. The number of hydrogen-bond donors (Lipinski definition) is 2. The second-order valence-electron chi connectivity index (χ2n) is 4.44. The fraction of sp³-hybridized carbons (Fsp3) is 0.385. The monoisotopic (exact) mass is 248 g/mol. The van der Waals surface area contributed by atoms with Gasteiger partial charge in [-0.1, -0.05) is 30.3 Å². The van der Waals surface area contributed by atoms with Crippen molar-refractivity contribution in [2.75, 3.05) is 6.54 Å². The van der Waals surface area contributed by atoms with E-state index in [9.17, 15) is 14.7 Å². The predicted octanol–water partition coefficient (Wildman–Crippen LogP) is 1.62. The number of nitrogens with one attached hydrogen (secondary N) is 1. The molecule has 1 heterocycles. The molecular weight excluding hydrogens is 232 g/mol. The van der Waals surface area contributed by atoms with E-state index in [1.54, 1.807) is 0 Å². The van der Waals surface area contributed by atoms with Crippen molar-refractivity contribution in [3.8, 4) is 0 Å². The Balaban J connectivity index is 2.20. The Morgan fingerprint density at radius 1 is 1.44 bits per heavy atom. The van der Waals surface area contributed by atoms with Crippen LogP contribution in [0, 0.1) is 0 Å². The molecule has 0 bridgehead atoms. The van der Waals surface area contributed by atoms with Gasteiger partial charge in [0.1, 0.15) is 0 Å². The summed E-state index contributed by atoms with van der Waals surface area (Å²) in [6, 6.07) is 8.89. The van der Waals surface area contributed by atoms with E-state index in [-0.39, 0.29) is 24.4 Å². The molecule has 2 N–H and O–H groups in total. The average Bonchev–Trinajstić information content (AvgIpc) is 2.76. The molecule has 1 saturated heterocycles. The molecule has 0 aliphatic carbocycles. The third-order valence-electron chi connectivity index (χ3n) is 3.27. The largest absolute Gasteiger partial charge is 0.465 e. The zero-order valence-electron chi connectivity index (χ0n) is 10.2. The third kappa shape index (κ3) is 2.45. The van der Waals surface area contributed by atoms with Crippen LogP contribution >= 0.6 is 0 Å². The summed E-state index contributed by atoms with van der Waals surface area (Å²) in [6.07, 6.45) is -0.753. The van der Waals surface area contributed by atoms with Crippen LogP contribution in [-0.2, 0) is 4.79 Å². The fourth-order valence-corrected chi connectivity index (χ4v) is 2.32. The lowest BCUT2D eigenvalue weighted by molar-refractivity contribution is -0.119. The van der Waals surface area contributed by atoms with Gasteiger partial charge in [0.2, 0.25) is 5.91 Å². The number of rotatable bonds is 3. The van der Waals surface area contributed by atoms with Crippen molar-refractivity contribution in [1.82, 2.24) is 10.2 Å². The molecule has 18 heavy (non-hydrogen) atoms. The minimum absolute atomic E-state index is 0.0912. The van der Waals surface area contributed by atoms with E-state index in [2.05, 4.69) is 5.32 Å². The molecule has 2 amide bonds. The van der Waals surface area contributed by atoms with Crippen LogP contribution in [0.15, 0.2) is 30.3 Å². The lowest BCUT2D eigenvalue weighted by atomic mass is 10.0. The zero-order chi connectivity index (χ0) is 13.1. The maximum atomic E-state index is 11.4. The van der Waals surface area contributed by atoms with Crippen molar-refractivity contribution in [2.24, 2.45) is 0 Å². The number of carboxylic acid groups (broad SMARTS) is 1. The summed E-state index contributed by atoms with van der Waals surface area (Å²) in [5.41, 5.74) is 0.930. The molecule has 0 spiro atoms. The fourth-order valence-electron chi connectivity index (χ4n) is 2.32. The predicted molar refractivity (Wildman–Crippen MR) is 66.1 cm³/mol. The van der Waals surface area contributed by atoms with Crippen LogP contribution in [0.25, 0.3) is 0 Å². The quantitative estimate of drug-likeness (QED) is 0.854. The summed E-state index contributed by atoms with van der Waals surface area (Å²) in [5.74, 6) is -0.0912. The van der Waals surface area contributed by atoms with Crippen molar-refractivity contribution >= 4 is 12.0 Å². The lowest BCUT2D eigenvalue weighted by Crippen LogP contribution is -2.42. The molecule has 2 atom stereocenters. The Hall–Kier alpha value is -2.04. The Morgan fingerprint density at radius 2 is 2.11 bits per heavy atom. The topological polar surface area (TPSA) is 69.6 Å². The first-order chi connectivity index (χ1) is 8.59. The smallest absolute Gasteiger partial charge is 0.408 e. The minimum Gasteiger partial charge on any atom is -0.465 e. The van der Waals surface area contributed by atoms with Gasteiger partial charge in [0.05, 0.1) is 12.1 Å². The highest BCUT2D eigenvalue weighted by Gasteiger charge is 2.34. The van der Waals surface area contributed by atoms with E-state index in [1.807, 2.05) is 37.3 Å². The number of carbonyl (C=O) groups is 2. The second kappa shape index (κ2) is 5.08. The van der Waals surface area contributed by atoms with Crippen LogP contribution in [0.2, 0.25) is 0 Å². The van der Waals surface area contributed by atoms with Gasteiger partial charge < -0.3 is 10.4 Å². The summed E-state index contributed by atoms with van der Waals surface area (Å²) < 4.78 is 0. The minimum atomic E-state index is -0.993. The third-order valence-corrected chi connectivity index (χ3v) is 3.27. The Bertz CT molecular complexity index is 447. The zero-order valence-corrected chi connectivity index (χ0v) is 10.2. The maximum Gasteiger partial charge on any atom is 0.408 e. The van der Waals surface area contributed by atoms with Crippen molar-refractivity contribution in [3.05, 3.63) is 35.9 Å². The van der Waals surface area contributed by atoms with E-state index in [1.165, 1.54) is 4.90 Å². The van der Waals surface area contributed by atoms with Gasteiger partial charge >= 0.3 is 6.09 Å². The van der Waals surface area contributed by atoms with Crippen molar-refractivity contribution in [2.45, 2.75) is 25.4 Å². The van der Waals surface area contributed by atoms with Gasteiger partial charge in [0, 0.05) is 13.0 Å². The van der Waals surface area contributed by atoms with E-state index < -0.39 is 6.09 Å². The molecule has 1 aliphatic rings. The number of carbonyl (C=O) groups excluding carboxylic acids is 1. The van der Waals surface area contributed by atoms with Crippen LogP contribution in [-0.4, -0.2) is 34.6 Å². The summed E-state index contributed by atoms with van der Waals surface area (Å²) in [7, 11) is 0. The molecule has 0 aromatic heterocycles. The first kappa shape index (κ1) is 12.4. The highest BCUT2D eigenvalue weighted by Crippen LogP contribution is 2.25. The van der Waals surface area contributed by atoms with Crippen LogP contribution in [0.3, 0.4) is 0 Å². The van der Waals surface area contributed by atoms with Crippen LogP contribution in [0.4, 0.5) is 4.79 Å². The van der Waals surface area contributed by atoms with E-state index >= 15 is 0 Å². The van der Waals surface area contributed by atoms with E-state index in [0.717, 1.165) is 5.56 Å². The van der Waals surface area contributed by atoms with E-state index in [4.69, 9.17) is 0 Å². The van der Waals surface area contributed by atoms with Crippen molar-refractivity contribution < 1.29 is 14.7 Å². The number of nitrogens with zero attached hydrogens (tertiary/aromatic N) is 1. The summed E-state index contributed by atoms with van der Waals surface area (Å²) in [6.45, 7) is 2.23. The van der Waals surface area contributed by atoms with Gasteiger partial charge in [-0.15, -0.1) is 0 Å². The molecule has 1 aromatic carbocycles. The first-order valence-corrected chi connectivity index (χ1v) is 5.92. The molecule has 0 saturated carbocycles. The number of amides is 2. The second-order valence-corrected chi connectivity index (χ2v) is 4.44. The molecule has 1 unspecified atom stereocenters. The van der Waals surface area contributed by atoms with E-state index in [0.29, 0.717) is 6.54 Å². The van der Waals surface area contributed by atoms with Gasteiger partial charge in [-0.3, -0.25) is 9.69 Å². The maximum absolute atomic E-state index is 11.4. The normalized spacial score (nSPS) is 20.3. The highest BCUT2D eigenvalue weighted by molar-refractivity contribution is 5.80. The van der Waals surface area contributed by atoms with Crippen molar-refractivity contribution in [3.63, 3.8) is 0 Å². The van der Waals surface area contributed by atoms with Gasteiger partial charge in [-0.2, -0.15) is 0 Å². The Kier molecular flexibility index (Phi) is 3.50. The first-order valence-electron chi connectivity index (χ1n) is 5.92. The molecule has 1 fully saturated rings. The molecular formula is C13H16N2O3. The van der Waals surface area contributed by atoms with Crippen molar-refractivity contribution in [1.29, 1.82) is 0 Å². The SMILES string of the molecule is C[C@H](c1ccccc1)N(C(=O)O)C1CNC(=O)C1. The van der Waals surface area contributed by atoms with Gasteiger partial charge in [0.25, 0.3) is 0 Å². The summed E-state index contributed by atoms with van der Waals surface area (Å²) in [4.78, 5) is 24.0. The number of benzene rings is 1. The molecule has 5 nitrogen and oxygen atoms in total. The van der Waals surface area contributed by atoms with Gasteiger partial charge in [0.15, 0.2) is 0 Å². The average molecular weight is 248 g/mol. The van der Waals surface area contributed by atoms with Crippen LogP contribution in [0.1, 0.15) is 24.9 Å². The van der Waals surface area contributed by atoms with Gasteiger partial charge in [-0.05, 0) is 12.5 Å². The van der Waals surface area contributed by atoms with Gasteiger partial charge in [-0.25, -0.2) is 4.79 Å². The Labute approximate surface area is 105 Å². The Morgan fingerprint density at radius 3 is 2.61 bits per heavy atom. The summed E-state index contributed by atoms with van der Waals surface area (Å²) >= 11 is 0. The molecule has 1 aromatic rings. The lowest BCUT2D eigenvalue weighted by Gasteiger charge is -2.31. The highest BCUT2D eigenvalue weighted by atomic mass is 16.4. The molecule has 0 radical (unpaired) electrons. The van der Waals surface area contributed by atoms with Crippen LogP contribution in [0.5, 0.6) is 0 Å². The molecule has 96 valence electrons. The molecule has 5 heteroatoms. The van der Waals surface area contributed by atoms with Crippen LogP contribution < -0.4 is 5.32 Å². The molecule has 1 aliphatic heterocycles.